The number of amides is 3. The molecule has 2 saturated heterocycles. The van der Waals surface area contributed by atoms with Crippen molar-refractivity contribution in [3.63, 3.8) is 0 Å². The van der Waals surface area contributed by atoms with Crippen molar-refractivity contribution in [1.82, 2.24) is 9.80 Å². The maximum atomic E-state index is 13.0. The number of piperidine rings is 2. The van der Waals surface area contributed by atoms with Gasteiger partial charge in [-0.05, 0) is 37.2 Å². The second-order valence-electron chi connectivity index (χ2n) is 7.80. The highest BCUT2D eigenvalue weighted by Gasteiger charge is 2.33. The molecule has 2 atom stereocenters. The summed E-state index contributed by atoms with van der Waals surface area (Å²) in [6, 6.07) is 9.72. The Morgan fingerprint density at radius 1 is 0.963 bits per heavy atom. The van der Waals surface area contributed by atoms with E-state index in [1.54, 1.807) is 0 Å². The van der Waals surface area contributed by atoms with Crippen LogP contribution < -0.4 is 5.73 Å². The lowest BCUT2D eigenvalue weighted by Gasteiger charge is -2.38. The van der Waals surface area contributed by atoms with E-state index in [2.05, 4.69) is 0 Å². The summed E-state index contributed by atoms with van der Waals surface area (Å²) in [4.78, 5) is 40.5. The number of hydrogen-bond acceptors (Lipinski definition) is 3. The van der Waals surface area contributed by atoms with Gasteiger partial charge in [-0.15, -0.1) is 0 Å². The molecule has 3 rings (SSSR count). The largest absolute Gasteiger partial charge is 0.370 e. The first kappa shape index (κ1) is 19.4. The maximum absolute atomic E-state index is 13.0. The molecule has 1 aromatic carbocycles. The number of nitrogens with zero attached hydrogens (tertiary/aromatic N) is 2. The van der Waals surface area contributed by atoms with Gasteiger partial charge in [-0.1, -0.05) is 30.3 Å². The third-order valence-electron chi connectivity index (χ3n) is 5.64. The highest BCUT2D eigenvalue weighted by molar-refractivity contribution is 5.82. The van der Waals surface area contributed by atoms with Crippen molar-refractivity contribution in [2.45, 2.75) is 38.5 Å². The first-order valence-corrected chi connectivity index (χ1v) is 9.91. The molecule has 2 heterocycles. The lowest BCUT2D eigenvalue weighted by atomic mass is 9.91. The monoisotopic (exact) mass is 371 g/mol. The Labute approximate surface area is 160 Å². The second-order valence-corrected chi connectivity index (χ2v) is 7.80. The molecule has 2 aliphatic rings. The number of likely N-dealkylation sites (tertiary alicyclic amines) is 2. The van der Waals surface area contributed by atoms with Gasteiger partial charge >= 0.3 is 0 Å². The zero-order valence-electron chi connectivity index (χ0n) is 15.8. The molecule has 146 valence electrons. The average molecular weight is 371 g/mol. The summed E-state index contributed by atoms with van der Waals surface area (Å²) in [5, 5.41) is 0. The Bertz CT molecular complexity index is 677. The number of benzene rings is 1. The van der Waals surface area contributed by atoms with Crippen LogP contribution in [0.3, 0.4) is 0 Å². The van der Waals surface area contributed by atoms with Crippen LogP contribution in [-0.2, 0) is 20.8 Å². The van der Waals surface area contributed by atoms with Gasteiger partial charge in [-0.3, -0.25) is 14.4 Å². The molecule has 2 unspecified atom stereocenters. The standard InChI is InChI=1S/C21H29N3O3/c22-19(25)12-17-8-4-11-24(14-17)21(27)18-9-5-10-23(15-18)20(26)13-16-6-2-1-3-7-16/h1-3,6-7,17-18H,4-5,8-15H2,(H2,22,25). The van der Waals surface area contributed by atoms with E-state index in [1.165, 1.54) is 0 Å². The third kappa shape index (κ3) is 5.31. The highest BCUT2D eigenvalue weighted by atomic mass is 16.2. The number of carbonyl (C=O) groups is 3. The van der Waals surface area contributed by atoms with Crippen molar-refractivity contribution in [1.29, 1.82) is 0 Å². The summed E-state index contributed by atoms with van der Waals surface area (Å²) in [6.07, 6.45) is 4.26. The van der Waals surface area contributed by atoms with Gasteiger partial charge in [0.1, 0.15) is 0 Å². The van der Waals surface area contributed by atoms with Crippen molar-refractivity contribution in [3.8, 4) is 0 Å². The molecule has 2 aliphatic heterocycles. The van der Waals surface area contributed by atoms with E-state index >= 15 is 0 Å². The summed E-state index contributed by atoms with van der Waals surface area (Å²) < 4.78 is 0. The number of hydrogen-bond donors (Lipinski definition) is 1. The summed E-state index contributed by atoms with van der Waals surface area (Å²) in [5.41, 5.74) is 6.32. The fraction of sp³-hybridized carbons (Fsp3) is 0.571. The molecule has 0 saturated carbocycles. The molecule has 6 heteroatoms. The van der Waals surface area contributed by atoms with Gasteiger partial charge in [-0.2, -0.15) is 0 Å². The van der Waals surface area contributed by atoms with Crippen molar-refractivity contribution in [2.24, 2.45) is 17.6 Å². The maximum Gasteiger partial charge on any atom is 0.227 e. The summed E-state index contributed by atoms with van der Waals surface area (Å²) >= 11 is 0. The van der Waals surface area contributed by atoms with E-state index < -0.39 is 0 Å². The topological polar surface area (TPSA) is 83.7 Å². The summed E-state index contributed by atoms with van der Waals surface area (Å²) in [5.74, 6) is -0.0552. The number of primary amides is 1. The molecule has 3 amide bonds. The lowest BCUT2D eigenvalue weighted by Crippen LogP contribution is -2.49. The van der Waals surface area contributed by atoms with E-state index in [0.29, 0.717) is 25.9 Å². The number of rotatable bonds is 5. The number of carbonyl (C=O) groups excluding carboxylic acids is 3. The summed E-state index contributed by atoms with van der Waals surface area (Å²) in [7, 11) is 0. The Balaban J connectivity index is 1.56. The predicted octanol–water partition coefficient (Wildman–Crippen LogP) is 1.58. The molecule has 0 spiro atoms. The van der Waals surface area contributed by atoms with Gasteiger partial charge in [0.25, 0.3) is 0 Å². The highest BCUT2D eigenvalue weighted by Crippen LogP contribution is 2.25. The van der Waals surface area contributed by atoms with Gasteiger partial charge in [0.15, 0.2) is 0 Å². The molecule has 0 aromatic heterocycles. The van der Waals surface area contributed by atoms with Crippen molar-refractivity contribution in [2.75, 3.05) is 26.2 Å². The minimum atomic E-state index is -0.301. The molecule has 2 N–H and O–H groups in total. The Hall–Kier alpha value is -2.37. The minimum absolute atomic E-state index is 0.0870. The van der Waals surface area contributed by atoms with Crippen molar-refractivity contribution in [3.05, 3.63) is 35.9 Å². The van der Waals surface area contributed by atoms with E-state index in [4.69, 9.17) is 5.73 Å². The van der Waals surface area contributed by atoms with Crippen LogP contribution in [0.1, 0.15) is 37.7 Å². The van der Waals surface area contributed by atoms with Crippen LogP contribution >= 0.6 is 0 Å². The van der Waals surface area contributed by atoms with Crippen LogP contribution in [0.4, 0.5) is 0 Å². The zero-order valence-corrected chi connectivity index (χ0v) is 15.8. The Morgan fingerprint density at radius 3 is 2.41 bits per heavy atom. The first-order valence-electron chi connectivity index (χ1n) is 9.91. The van der Waals surface area contributed by atoms with E-state index in [0.717, 1.165) is 44.3 Å². The van der Waals surface area contributed by atoms with Crippen LogP contribution in [0.25, 0.3) is 0 Å². The van der Waals surface area contributed by atoms with Crippen LogP contribution in [0.15, 0.2) is 30.3 Å². The molecule has 6 nitrogen and oxygen atoms in total. The van der Waals surface area contributed by atoms with Crippen molar-refractivity contribution < 1.29 is 14.4 Å². The Kier molecular flexibility index (Phi) is 6.48. The third-order valence-corrected chi connectivity index (χ3v) is 5.64. The fourth-order valence-electron chi connectivity index (χ4n) is 4.26. The molecular formula is C21H29N3O3. The number of nitrogens with two attached hydrogens (primary N) is 1. The van der Waals surface area contributed by atoms with E-state index in [1.807, 2.05) is 40.1 Å². The quantitative estimate of drug-likeness (QED) is 0.853. The van der Waals surface area contributed by atoms with Crippen LogP contribution in [0.2, 0.25) is 0 Å². The summed E-state index contributed by atoms with van der Waals surface area (Å²) in [6.45, 7) is 2.57. The van der Waals surface area contributed by atoms with E-state index in [-0.39, 0.29) is 29.6 Å². The minimum Gasteiger partial charge on any atom is -0.370 e. The van der Waals surface area contributed by atoms with Gasteiger partial charge in [0.2, 0.25) is 17.7 Å². The fourth-order valence-corrected chi connectivity index (χ4v) is 4.26. The van der Waals surface area contributed by atoms with Crippen molar-refractivity contribution >= 4 is 17.7 Å². The molecule has 0 bridgehead atoms. The van der Waals surface area contributed by atoms with Crippen LogP contribution in [0.5, 0.6) is 0 Å². The SMILES string of the molecule is NC(=O)CC1CCCN(C(=O)C2CCCN(C(=O)Cc3ccccc3)C2)C1. The van der Waals surface area contributed by atoms with E-state index in [9.17, 15) is 14.4 Å². The molecule has 1 aromatic rings. The van der Waals surface area contributed by atoms with Gasteiger partial charge in [0.05, 0.1) is 12.3 Å². The first-order chi connectivity index (χ1) is 13.0. The Morgan fingerprint density at radius 2 is 1.67 bits per heavy atom. The lowest BCUT2D eigenvalue weighted by molar-refractivity contribution is -0.142. The zero-order chi connectivity index (χ0) is 19.2. The molecule has 0 radical (unpaired) electrons. The van der Waals surface area contributed by atoms with Gasteiger partial charge < -0.3 is 15.5 Å². The van der Waals surface area contributed by atoms with Gasteiger partial charge in [0, 0.05) is 32.6 Å². The molecule has 27 heavy (non-hydrogen) atoms. The van der Waals surface area contributed by atoms with Gasteiger partial charge in [-0.25, -0.2) is 0 Å². The smallest absolute Gasteiger partial charge is 0.227 e. The molecular weight excluding hydrogens is 342 g/mol. The molecule has 0 aliphatic carbocycles. The second kappa shape index (κ2) is 9.02. The average Bonchev–Trinajstić information content (AvgIpc) is 2.68. The molecule has 2 fully saturated rings. The van der Waals surface area contributed by atoms with Crippen LogP contribution in [-0.4, -0.2) is 53.7 Å². The van der Waals surface area contributed by atoms with Crippen LogP contribution in [0, 0.1) is 11.8 Å². The normalized spacial score (nSPS) is 23.1. The predicted molar refractivity (Wildman–Crippen MR) is 103 cm³/mol.